The zero-order valence-corrected chi connectivity index (χ0v) is 14.0. The van der Waals surface area contributed by atoms with E-state index in [4.69, 9.17) is 5.11 Å². The molecular formula is C16H30N2O3. The first-order chi connectivity index (χ1) is 9.75. The highest BCUT2D eigenvalue weighted by molar-refractivity contribution is 5.91. The Bertz CT molecular complexity index is 378. The highest BCUT2D eigenvalue weighted by Crippen LogP contribution is 2.58. The van der Waals surface area contributed by atoms with Crippen LogP contribution in [0.2, 0.25) is 0 Å². The minimum absolute atomic E-state index is 0.0962. The number of aliphatic carboxylic acids is 1. The number of carboxylic acid groups (broad SMARTS) is 1. The van der Waals surface area contributed by atoms with Crippen LogP contribution in [0.1, 0.15) is 47.5 Å². The molecule has 3 atom stereocenters. The lowest BCUT2D eigenvalue weighted by atomic mass is 10.1. The Morgan fingerprint density at radius 3 is 2.24 bits per heavy atom. The van der Waals surface area contributed by atoms with Crippen LogP contribution in [0.25, 0.3) is 0 Å². The lowest BCUT2D eigenvalue weighted by molar-refractivity contribution is -0.140. The van der Waals surface area contributed by atoms with Gasteiger partial charge in [-0.1, -0.05) is 27.7 Å². The molecule has 0 radical (unpaired) electrons. The number of amides is 1. The molecule has 0 aromatic heterocycles. The van der Waals surface area contributed by atoms with E-state index in [0.29, 0.717) is 0 Å². The fourth-order valence-corrected chi connectivity index (χ4v) is 3.15. The lowest BCUT2D eigenvalue weighted by Crippen LogP contribution is -2.35. The predicted octanol–water partition coefficient (Wildman–Crippen LogP) is 1.97. The standard InChI is InChI=1S/C16H30N2O3/c1-6-18(7-2)10-8-9-11(3)17-14(19)12-13(15(20)21)16(12,4)5/h11-13H,6-10H2,1-5H3,(H,17,19)(H,20,21). The topological polar surface area (TPSA) is 69.6 Å². The van der Waals surface area contributed by atoms with Crippen LogP contribution in [0, 0.1) is 17.3 Å². The molecule has 0 spiro atoms. The third-order valence-corrected chi connectivity index (χ3v) is 4.77. The van der Waals surface area contributed by atoms with Gasteiger partial charge in [0.05, 0.1) is 11.8 Å². The van der Waals surface area contributed by atoms with Crippen molar-refractivity contribution in [1.29, 1.82) is 0 Å². The summed E-state index contributed by atoms with van der Waals surface area (Å²) >= 11 is 0. The van der Waals surface area contributed by atoms with Gasteiger partial charge in [0, 0.05) is 6.04 Å². The van der Waals surface area contributed by atoms with Gasteiger partial charge in [-0.05, 0) is 44.8 Å². The molecule has 0 aromatic rings. The summed E-state index contributed by atoms with van der Waals surface area (Å²) in [6.45, 7) is 13.1. The van der Waals surface area contributed by atoms with E-state index in [0.717, 1.165) is 32.5 Å². The minimum atomic E-state index is -0.866. The maximum absolute atomic E-state index is 12.2. The third-order valence-electron chi connectivity index (χ3n) is 4.77. The smallest absolute Gasteiger partial charge is 0.307 e. The first-order valence-electron chi connectivity index (χ1n) is 8.01. The van der Waals surface area contributed by atoms with Gasteiger partial charge in [0.2, 0.25) is 5.91 Å². The van der Waals surface area contributed by atoms with E-state index < -0.39 is 17.3 Å². The van der Waals surface area contributed by atoms with Crippen molar-refractivity contribution in [2.45, 2.75) is 53.5 Å². The summed E-state index contributed by atoms with van der Waals surface area (Å²) in [6.07, 6.45) is 1.96. The number of nitrogens with zero attached hydrogens (tertiary/aromatic N) is 1. The Morgan fingerprint density at radius 1 is 1.24 bits per heavy atom. The summed E-state index contributed by atoms with van der Waals surface area (Å²) < 4.78 is 0. The van der Waals surface area contributed by atoms with Crippen LogP contribution in [0.15, 0.2) is 0 Å². The van der Waals surface area contributed by atoms with E-state index in [-0.39, 0.29) is 17.9 Å². The highest BCUT2D eigenvalue weighted by atomic mass is 16.4. The molecular weight excluding hydrogens is 268 g/mol. The average Bonchev–Trinajstić information content (AvgIpc) is 2.98. The van der Waals surface area contributed by atoms with Crippen molar-refractivity contribution < 1.29 is 14.7 Å². The molecule has 1 aliphatic carbocycles. The van der Waals surface area contributed by atoms with Crippen LogP contribution in [0.3, 0.4) is 0 Å². The largest absolute Gasteiger partial charge is 0.481 e. The van der Waals surface area contributed by atoms with Crippen LogP contribution in [0.5, 0.6) is 0 Å². The van der Waals surface area contributed by atoms with E-state index in [1.807, 2.05) is 20.8 Å². The second-order valence-electron chi connectivity index (χ2n) is 6.69. The lowest BCUT2D eigenvalue weighted by Gasteiger charge is -2.20. The SMILES string of the molecule is CCN(CC)CCCC(C)NC(=O)C1C(C(=O)O)C1(C)C. The molecule has 0 bridgehead atoms. The molecule has 5 heteroatoms. The molecule has 1 rings (SSSR count). The Labute approximate surface area is 128 Å². The van der Waals surface area contributed by atoms with Gasteiger partial charge in [-0.25, -0.2) is 0 Å². The fourth-order valence-electron chi connectivity index (χ4n) is 3.15. The van der Waals surface area contributed by atoms with E-state index in [1.165, 1.54) is 0 Å². The van der Waals surface area contributed by atoms with E-state index in [1.54, 1.807) is 0 Å². The molecule has 3 unspecified atom stereocenters. The summed E-state index contributed by atoms with van der Waals surface area (Å²) in [5, 5.41) is 12.1. The van der Waals surface area contributed by atoms with Crippen molar-refractivity contribution in [3.8, 4) is 0 Å². The van der Waals surface area contributed by atoms with Crippen molar-refractivity contribution in [2.75, 3.05) is 19.6 Å². The average molecular weight is 298 g/mol. The number of carbonyl (C=O) groups excluding carboxylic acids is 1. The van der Waals surface area contributed by atoms with Crippen molar-refractivity contribution in [1.82, 2.24) is 10.2 Å². The summed E-state index contributed by atoms with van der Waals surface area (Å²) in [5.41, 5.74) is -0.420. The van der Waals surface area contributed by atoms with E-state index in [9.17, 15) is 9.59 Å². The van der Waals surface area contributed by atoms with Crippen molar-refractivity contribution in [3.05, 3.63) is 0 Å². The Kier molecular flexibility index (Phi) is 6.20. The molecule has 5 nitrogen and oxygen atoms in total. The zero-order chi connectivity index (χ0) is 16.2. The summed E-state index contributed by atoms with van der Waals surface area (Å²) in [7, 11) is 0. The maximum atomic E-state index is 12.2. The monoisotopic (exact) mass is 298 g/mol. The van der Waals surface area contributed by atoms with Gasteiger partial charge >= 0.3 is 5.97 Å². The Morgan fingerprint density at radius 2 is 1.81 bits per heavy atom. The van der Waals surface area contributed by atoms with Crippen LogP contribution >= 0.6 is 0 Å². The van der Waals surface area contributed by atoms with Crippen molar-refractivity contribution in [2.24, 2.45) is 17.3 Å². The number of carboxylic acids is 1. The van der Waals surface area contributed by atoms with Gasteiger partial charge in [-0.3, -0.25) is 9.59 Å². The number of nitrogens with one attached hydrogen (secondary N) is 1. The fraction of sp³-hybridized carbons (Fsp3) is 0.875. The molecule has 122 valence electrons. The number of carbonyl (C=O) groups is 2. The van der Waals surface area contributed by atoms with Crippen LogP contribution < -0.4 is 5.32 Å². The molecule has 1 fully saturated rings. The Balaban J connectivity index is 2.34. The molecule has 1 aliphatic rings. The molecule has 1 saturated carbocycles. The van der Waals surface area contributed by atoms with Gasteiger partial charge in [0.25, 0.3) is 0 Å². The highest BCUT2D eigenvalue weighted by Gasteiger charge is 2.65. The van der Waals surface area contributed by atoms with Crippen LogP contribution in [-0.4, -0.2) is 47.6 Å². The molecule has 0 heterocycles. The molecule has 0 saturated heterocycles. The number of hydrogen-bond acceptors (Lipinski definition) is 3. The van der Waals surface area contributed by atoms with Gasteiger partial charge < -0.3 is 15.3 Å². The van der Waals surface area contributed by atoms with Gasteiger partial charge in [-0.2, -0.15) is 0 Å². The van der Waals surface area contributed by atoms with Crippen LogP contribution in [0.4, 0.5) is 0 Å². The van der Waals surface area contributed by atoms with Gasteiger partial charge in [0.1, 0.15) is 0 Å². The number of rotatable bonds is 9. The predicted molar refractivity (Wildman–Crippen MR) is 83.0 cm³/mol. The summed E-state index contributed by atoms with van der Waals surface area (Å²) in [4.78, 5) is 25.6. The van der Waals surface area contributed by atoms with Crippen molar-refractivity contribution >= 4 is 11.9 Å². The first-order valence-corrected chi connectivity index (χ1v) is 8.01. The number of hydrogen-bond donors (Lipinski definition) is 2. The second-order valence-corrected chi connectivity index (χ2v) is 6.69. The van der Waals surface area contributed by atoms with Crippen molar-refractivity contribution in [3.63, 3.8) is 0 Å². The Hall–Kier alpha value is -1.10. The maximum Gasteiger partial charge on any atom is 0.307 e. The van der Waals surface area contributed by atoms with Gasteiger partial charge in [0.15, 0.2) is 0 Å². The molecule has 1 amide bonds. The third kappa shape index (κ3) is 4.43. The molecule has 2 N–H and O–H groups in total. The van der Waals surface area contributed by atoms with E-state index >= 15 is 0 Å². The van der Waals surface area contributed by atoms with Gasteiger partial charge in [-0.15, -0.1) is 0 Å². The second kappa shape index (κ2) is 7.25. The van der Waals surface area contributed by atoms with E-state index in [2.05, 4.69) is 24.1 Å². The molecule has 21 heavy (non-hydrogen) atoms. The zero-order valence-electron chi connectivity index (χ0n) is 14.0. The molecule has 0 aromatic carbocycles. The van der Waals surface area contributed by atoms with Crippen LogP contribution in [-0.2, 0) is 9.59 Å². The molecule has 0 aliphatic heterocycles. The quantitative estimate of drug-likeness (QED) is 0.683. The summed E-state index contributed by atoms with van der Waals surface area (Å²) in [6, 6.07) is 0.0962. The normalized spacial score (nSPS) is 24.7. The minimum Gasteiger partial charge on any atom is -0.481 e. The first kappa shape index (κ1) is 18.0. The summed E-state index contributed by atoms with van der Waals surface area (Å²) in [5.74, 6) is -1.90.